The Hall–Kier alpha value is -0.720. The van der Waals surface area contributed by atoms with E-state index in [9.17, 15) is 0 Å². The number of hydrogen-bond acceptors (Lipinski definition) is 1. The lowest BCUT2D eigenvalue weighted by Crippen LogP contribution is -2.14. The molecule has 0 aromatic rings. The van der Waals surface area contributed by atoms with Crippen molar-refractivity contribution in [2.45, 2.75) is 27.2 Å². The third-order valence-corrected chi connectivity index (χ3v) is 1.35. The lowest BCUT2D eigenvalue weighted by atomic mass is 10.3. The number of allylic oxidation sites excluding steroid dienone is 2. The van der Waals surface area contributed by atoms with Crippen molar-refractivity contribution >= 4 is 0 Å². The Bertz CT molecular complexity index is 134. The Morgan fingerprint density at radius 1 is 1.60 bits per heavy atom. The van der Waals surface area contributed by atoms with Gasteiger partial charge in [0.05, 0.1) is 0 Å². The van der Waals surface area contributed by atoms with Crippen LogP contribution < -0.4 is 5.32 Å². The highest BCUT2D eigenvalue weighted by atomic mass is 14.9. The van der Waals surface area contributed by atoms with Crippen LogP contribution in [-0.4, -0.2) is 6.54 Å². The van der Waals surface area contributed by atoms with E-state index in [1.54, 1.807) is 0 Å². The minimum absolute atomic E-state index is 0.896. The van der Waals surface area contributed by atoms with E-state index in [0.29, 0.717) is 0 Å². The van der Waals surface area contributed by atoms with E-state index in [4.69, 9.17) is 0 Å². The summed E-state index contributed by atoms with van der Waals surface area (Å²) >= 11 is 0. The van der Waals surface area contributed by atoms with Gasteiger partial charge in [-0.2, -0.15) is 0 Å². The van der Waals surface area contributed by atoms with Gasteiger partial charge in [-0.1, -0.05) is 25.2 Å². The summed E-state index contributed by atoms with van der Waals surface area (Å²) in [5.41, 5.74) is 2.47. The van der Waals surface area contributed by atoms with E-state index in [0.717, 1.165) is 13.0 Å². The maximum absolute atomic E-state index is 3.81. The molecule has 0 spiro atoms. The first kappa shape index (κ1) is 9.28. The largest absolute Gasteiger partial charge is 0.385 e. The second-order valence-electron chi connectivity index (χ2n) is 2.48. The van der Waals surface area contributed by atoms with E-state index in [1.807, 2.05) is 13.8 Å². The minimum atomic E-state index is 0.896. The quantitative estimate of drug-likeness (QED) is 0.590. The topological polar surface area (TPSA) is 12.0 Å². The summed E-state index contributed by atoms with van der Waals surface area (Å²) in [6.07, 6.45) is 3.17. The van der Waals surface area contributed by atoms with E-state index in [-0.39, 0.29) is 0 Å². The van der Waals surface area contributed by atoms with Crippen LogP contribution in [0.4, 0.5) is 0 Å². The molecule has 0 aliphatic carbocycles. The fourth-order valence-corrected chi connectivity index (χ4v) is 0.696. The molecule has 58 valence electrons. The van der Waals surface area contributed by atoms with Gasteiger partial charge < -0.3 is 5.32 Å². The van der Waals surface area contributed by atoms with Crippen molar-refractivity contribution in [1.29, 1.82) is 0 Å². The van der Waals surface area contributed by atoms with E-state index >= 15 is 0 Å². The van der Waals surface area contributed by atoms with Crippen LogP contribution in [0.15, 0.2) is 23.9 Å². The fourth-order valence-electron chi connectivity index (χ4n) is 0.696. The molecule has 0 rings (SSSR count). The van der Waals surface area contributed by atoms with E-state index in [1.165, 1.54) is 11.3 Å². The molecule has 0 aromatic heterocycles. The smallest absolute Gasteiger partial charge is 0.0351 e. The van der Waals surface area contributed by atoms with Gasteiger partial charge in [0.1, 0.15) is 0 Å². The molecular weight excluding hydrogens is 122 g/mol. The molecule has 0 radical (unpaired) electrons. The van der Waals surface area contributed by atoms with Crippen LogP contribution in [0.1, 0.15) is 27.2 Å². The molecular formula is C9H17N. The molecule has 1 N–H and O–H groups in total. The summed E-state index contributed by atoms with van der Waals surface area (Å²) in [5.74, 6) is 0. The molecule has 0 heterocycles. The minimum Gasteiger partial charge on any atom is -0.385 e. The lowest BCUT2D eigenvalue weighted by molar-refractivity contribution is 0.818. The van der Waals surface area contributed by atoms with Crippen molar-refractivity contribution in [3.63, 3.8) is 0 Å². The van der Waals surface area contributed by atoms with Crippen LogP contribution >= 0.6 is 0 Å². The number of hydrogen-bond donors (Lipinski definition) is 1. The summed E-state index contributed by atoms with van der Waals surface area (Å²) in [5, 5.41) is 3.28. The summed E-state index contributed by atoms with van der Waals surface area (Å²) in [6, 6.07) is 0. The third-order valence-electron chi connectivity index (χ3n) is 1.35. The van der Waals surface area contributed by atoms with Gasteiger partial charge in [-0.25, -0.2) is 0 Å². The Kier molecular flexibility index (Phi) is 4.73. The summed E-state index contributed by atoms with van der Waals surface area (Å²) in [7, 11) is 0. The fraction of sp³-hybridized carbons (Fsp3) is 0.556. The number of rotatable bonds is 4. The first-order chi connectivity index (χ1) is 4.70. The van der Waals surface area contributed by atoms with Gasteiger partial charge >= 0.3 is 0 Å². The maximum atomic E-state index is 3.81. The zero-order chi connectivity index (χ0) is 7.98. The highest BCUT2D eigenvalue weighted by Crippen LogP contribution is 1.95. The molecule has 0 fully saturated rings. The van der Waals surface area contributed by atoms with Crippen molar-refractivity contribution in [1.82, 2.24) is 5.32 Å². The SMILES string of the molecule is C=C(C)CN/C(=C\C)CC. The van der Waals surface area contributed by atoms with Crippen molar-refractivity contribution in [3.8, 4) is 0 Å². The zero-order valence-corrected chi connectivity index (χ0v) is 7.20. The van der Waals surface area contributed by atoms with Crippen molar-refractivity contribution in [3.05, 3.63) is 23.9 Å². The molecule has 10 heavy (non-hydrogen) atoms. The van der Waals surface area contributed by atoms with Crippen LogP contribution in [0.25, 0.3) is 0 Å². The Labute approximate surface area is 63.8 Å². The normalized spacial score (nSPS) is 11.3. The van der Waals surface area contributed by atoms with Crippen LogP contribution in [0.5, 0.6) is 0 Å². The Morgan fingerprint density at radius 3 is 2.50 bits per heavy atom. The Balaban J connectivity index is 3.56. The molecule has 1 heteroatoms. The molecule has 0 amide bonds. The zero-order valence-electron chi connectivity index (χ0n) is 7.20. The molecule has 0 aliphatic heterocycles. The molecule has 0 saturated carbocycles. The average Bonchev–Trinajstić information content (AvgIpc) is 1.90. The van der Waals surface area contributed by atoms with Gasteiger partial charge in [0.25, 0.3) is 0 Å². The van der Waals surface area contributed by atoms with Crippen LogP contribution in [-0.2, 0) is 0 Å². The average molecular weight is 139 g/mol. The monoisotopic (exact) mass is 139 g/mol. The van der Waals surface area contributed by atoms with E-state index in [2.05, 4.69) is 24.9 Å². The summed E-state index contributed by atoms with van der Waals surface area (Å²) in [6.45, 7) is 10.9. The van der Waals surface area contributed by atoms with Crippen LogP contribution in [0.2, 0.25) is 0 Å². The Morgan fingerprint density at radius 2 is 2.20 bits per heavy atom. The summed E-state index contributed by atoms with van der Waals surface area (Å²) in [4.78, 5) is 0. The molecule has 0 aromatic carbocycles. The molecule has 1 nitrogen and oxygen atoms in total. The van der Waals surface area contributed by atoms with E-state index < -0.39 is 0 Å². The van der Waals surface area contributed by atoms with Crippen LogP contribution in [0, 0.1) is 0 Å². The van der Waals surface area contributed by atoms with Gasteiger partial charge in [-0.15, -0.1) is 0 Å². The maximum Gasteiger partial charge on any atom is 0.0351 e. The molecule has 0 aliphatic rings. The first-order valence-corrected chi connectivity index (χ1v) is 3.74. The number of nitrogens with one attached hydrogen (secondary N) is 1. The summed E-state index contributed by atoms with van der Waals surface area (Å²) < 4.78 is 0. The molecule has 0 bridgehead atoms. The van der Waals surface area contributed by atoms with Gasteiger partial charge in [-0.3, -0.25) is 0 Å². The molecule has 0 unspecified atom stereocenters. The van der Waals surface area contributed by atoms with Crippen molar-refractivity contribution in [2.75, 3.05) is 6.54 Å². The van der Waals surface area contributed by atoms with Gasteiger partial charge in [0.2, 0.25) is 0 Å². The van der Waals surface area contributed by atoms with Crippen LogP contribution in [0.3, 0.4) is 0 Å². The molecule has 0 saturated heterocycles. The lowest BCUT2D eigenvalue weighted by Gasteiger charge is -2.06. The highest BCUT2D eigenvalue weighted by Gasteiger charge is 1.88. The van der Waals surface area contributed by atoms with Gasteiger partial charge in [0, 0.05) is 12.2 Å². The first-order valence-electron chi connectivity index (χ1n) is 3.74. The van der Waals surface area contributed by atoms with Crippen molar-refractivity contribution in [2.24, 2.45) is 0 Å². The predicted molar refractivity (Wildman–Crippen MR) is 46.9 cm³/mol. The second kappa shape index (κ2) is 5.10. The highest BCUT2D eigenvalue weighted by molar-refractivity contribution is 5.01. The van der Waals surface area contributed by atoms with Gasteiger partial charge in [-0.05, 0) is 20.3 Å². The van der Waals surface area contributed by atoms with Crippen molar-refractivity contribution < 1.29 is 0 Å². The molecule has 0 atom stereocenters. The predicted octanol–water partition coefficient (Wildman–Crippen LogP) is 2.47. The second-order valence-corrected chi connectivity index (χ2v) is 2.48. The third kappa shape index (κ3) is 4.19. The standard InChI is InChI=1S/C9H17N/c1-5-9(6-2)10-7-8(3)4/h5,10H,3,6-7H2,1-2,4H3/b9-5-. The van der Waals surface area contributed by atoms with Gasteiger partial charge in [0.15, 0.2) is 0 Å².